The van der Waals surface area contributed by atoms with Gasteiger partial charge in [-0.1, -0.05) is 18.2 Å². The summed E-state index contributed by atoms with van der Waals surface area (Å²) in [6.45, 7) is 0.800. The van der Waals surface area contributed by atoms with Gasteiger partial charge in [-0.15, -0.1) is 0 Å². The lowest BCUT2D eigenvalue weighted by molar-refractivity contribution is -0.138. The van der Waals surface area contributed by atoms with Crippen LogP contribution in [0.5, 0.6) is 5.75 Å². The number of ether oxygens (including phenoxy) is 1. The van der Waals surface area contributed by atoms with Crippen LogP contribution in [0, 0.1) is 0 Å². The van der Waals surface area contributed by atoms with Gasteiger partial charge in [0.25, 0.3) is 5.91 Å². The van der Waals surface area contributed by atoms with E-state index in [0.717, 1.165) is 36.3 Å². The highest BCUT2D eigenvalue weighted by Gasteiger charge is 2.38. The first-order valence-electron chi connectivity index (χ1n) is 7.76. The smallest absolute Gasteiger partial charge is 0.264 e. The van der Waals surface area contributed by atoms with Gasteiger partial charge in [-0.25, -0.2) is 0 Å². The van der Waals surface area contributed by atoms with Crippen LogP contribution in [0.4, 0.5) is 0 Å². The molecule has 5 heteroatoms. The number of likely N-dealkylation sites (tertiary alicyclic amines) is 1. The highest BCUT2D eigenvalue weighted by Crippen LogP contribution is 2.35. The van der Waals surface area contributed by atoms with E-state index in [9.17, 15) is 4.79 Å². The van der Waals surface area contributed by atoms with Crippen LogP contribution in [0.15, 0.2) is 36.7 Å². The number of carbonyl (C=O) groups excluding carboxylic acids is 1. The summed E-state index contributed by atoms with van der Waals surface area (Å²) in [7, 11) is 1.90. The molecular weight excluding hydrogens is 278 g/mol. The van der Waals surface area contributed by atoms with Crippen molar-refractivity contribution in [1.82, 2.24) is 14.7 Å². The minimum atomic E-state index is -0.380. The van der Waals surface area contributed by atoms with Crippen molar-refractivity contribution in [2.45, 2.75) is 31.4 Å². The van der Waals surface area contributed by atoms with Gasteiger partial charge in [-0.2, -0.15) is 5.10 Å². The van der Waals surface area contributed by atoms with Crippen LogP contribution < -0.4 is 4.74 Å². The van der Waals surface area contributed by atoms with E-state index in [4.69, 9.17) is 4.74 Å². The quantitative estimate of drug-likeness (QED) is 0.853. The number of carbonyl (C=O) groups is 1. The number of rotatable bonds is 2. The van der Waals surface area contributed by atoms with E-state index in [1.165, 1.54) is 0 Å². The molecule has 0 unspecified atom stereocenters. The first kappa shape index (κ1) is 13.4. The highest BCUT2D eigenvalue weighted by atomic mass is 16.5. The second-order valence-corrected chi connectivity index (χ2v) is 6.06. The third-order valence-corrected chi connectivity index (χ3v) is 4.57. The molecule has 1 aromatic heterocycles. The molecule has 1 saturated heterocycles. The number of amides is 1. The van der Waals surface area contributed by atoms with Gasteiger partial charge in [-0.05, 0) is 24.5 Å². The fourth-order valence-electron chi connectivity index (χ4n) is 3.49. The summed E-state index contributed by atoms with van der Waals surface area (Å²) in [5.74, 6) is 0.945. The lowest BCUT2D eigenvalue weighted by Crippen LogP contribution is -2.40. The summed E-state index contributed by atoms with van der Waals surface area (Å²) >= 11 is 0. The van der Waals surface area contributed by atoms with E-state index in [1.807, 2.05) is 48.6 Å². The van der Waals surface area contributed by atoms with Crippen molar-refractivity contribution in [2.24, 2.45) is 7.05 Å². The van der Waals surface area contributed by atoms with Gasteiger partial charge >= 0.3 is 0 Å². The molecule has 0 bridgehead atoms. The molecule has 3 heterocycles. The Morgan fingerprint density at radius 2 is 2.23 bits per heavy atom. The van der Waals surface area contributed by atoms with Gasteiger partial charge in [0.05, 0.1) is 12.2 Å². The summed E-state index contributed by atoms with van der Waals surface area (Å²) in [4.78, 5) is 14.8. The van der Waals surface area contributed by atoms with E-state index in [1.54, 1.807) is 4.68 Å². The Labute approximate surface area is 129 Å². The maximum atomic E-state index is 12.9. The van der Waals surface area contributed by atoms with Crippen LogP contribution in [-0.2, 0) is 18.3 Å². The van der Waals surface area contributed by atoms with Crippen molar-refractivity contribution in [3.05, 3.63) is 47.8 Å². The van der Waals surface area contributed by atoms with Crippen molar-refractivity contribution >= 4 is 5.91 Å². The Bertz CT molecular complexity index is 684. The zero-order valence-electron chi connectivity index (χ0n) is 12.6. The lowest BCUT2D eigenvalue weighted by Gasteiger charge is -2.26. The molecule has 0 saturated carbocycles. The van der Waals surface area contributed by atoms with Gasteiger partial charge in [0.15, 0.2) is 6.10 Å². The molecule has 0 N–H and O–H groups in total. The van der Waals surface area contributed by atoms with Crippen molar-refractivity contribution in [2.75, 3.05) is 6.54 Å². The standard InChI is InChI=1S/C17H19N3O2/c1-19-11-13(10-18-19)14-6-4-8-20(14)17(21)16-9-12-5-2-3-7-15(12)22-16/h2-3,5,7,10-11,14,16H,4,6,8-9H2,1H3/t14-,16+/m0/s1. The molecule has 1 aromatic carbocycles. The van der Waals surface area contributed by atoms with E-state index in [-0.39, 0.29) is 18.1 Å². The van der Waals surface area contributed by atoms with Crippen molar-refractivity contribution in [1.29, 1.82) is 0 Å². The molecular formula is C17H19N3O2. The second kappa shape index (κ2) is 5.16. The minimum Gasteiger partial charge on any atom is -0.480 e. The summed E-state index contributed by atoms with van der Waals surface area (Å²) < 4.78 is 7.65. The Hall–Kier alpha value is -2.30. The van der Waals surface area contributed by atoms with Gasteiger partial charge < -0.3 is 9.64 Å². The minimum absolute atomic E-state index is 0.0996. The van der Waals surface area contributed by atoms with Crippen LogP contribution >= 0.6 is 0 Å². The summed E-state index contributed by atoms with van der Waals surface area (Å²) in [5.41, 5.74) is 2.24. The van der Waals surface area contributed by atoms with Crippen molar-refractivity contribution in [3.8, 4) is 5.75 Å². The number of benzene rings is 1. The fourth-order valence-corrected chi connectivity index (χ4v) is 3.49. The number of aryl methyl sites for hydroxylation is 1. The largest absolute Gasteiger partial charge is 0.480 e. The molecule has 2 aromatic rings. The Kier molecular flexibility index (Phi) is 3.13. The van der Waals surface area contributed by atoms with Gasteiger partial charge in [0.1, 0.15) is 5.75 Å². The molecule has 2 aliphatic rings. The fraction of sp³-hybridized carbons (Fsp3) is 0.412. The number of nitrogens with zero attached hydrogens (tertiary/aromatic N) is 3. The predicted octanol–water partition coefficient (Wildman–Crippen LogP) is 2.09. The lowest BCUT2D eigenvalue weighted by atomic mass is 10.1. The summed E-state index contributed by atoms with van der Waals surface area (Å²) in [6, 6.07) is 8.04. The molecule has 0 aliphatic carbocycles. The number of hydrogen-bond acceptors (Lipinski definition) is 3. The number of fused-ring (bicyclic) bond motifs is 1. The second-order valence-electron chi connectivity index (χ2n) is 6.06. The Morgan fingerprint density at radius 3 is 3.00 bits per heavy atom. The van der Waals surface area contributed by atoms with E-state index in [2.05, 4.69) is 5.10 Å². The topological polar surface area (TPSA) is 47.4 Å². The SMILES string of the molecule is Cn1cc([C@@H]2CCCN2C(=O)[C@H]2Cc3ccccc3O2)cn1. The summed E-state index contributed by atoms with van der Waals surface area (Å²) in [5, 5.41) is 4.23. The molecule has 4 rings (SSSR count). The van der Waals surface area contributed by atoms with Crippen LogP contribution in [-0.4, -0.2) is 33.2 Å². The third kappa shape index (κ3) is 2.17. The van der Waals surface area contributed by atoms with Crippen LogP contribution in [0.1, 0.15) is 30.0 Å². The van der Waals surface area contributed by atoms with E-state index < -0.39 is 0 Å². The third-order valence-electron chi connectivity index (χ3n) is 4.57. The van der Waals surface area contributed by atoms with Crippen molar-refractivity contribution < 1.29 is 9.53 Å². The molecule has 2 aliphatic heterocycles. The number of hydrogen-bond donors (Lipinski definition) is 0. The van der Waals surface area contributed by atoms with Crippen LogP contribution in [0.2, 0.25) is 0 Å². The van der Waals surface area contributed by atoms with Gasteiger partial charge in [0.2, 0.25) is 0 Å². The van der Waals surface area contributed by atoms with Crippen LogP contribution in [0.25, 0.3) is 0 Å². The Balaban J connectivity index is 1.53. The number of para-hydroxylation sites is 1. The summed E-state index contributed by atoms with van der Waals surface area (Å²) in [6.07, 6.45) is 6.18. The monoisotopic (exact) mass is 297 g/mol. The number of aromatic nitrogens is 2. The molecule has 1 amide bonds. The van der Waals surface area contributed by atoms with Crippen LogP contribution in [0.3, 0.4) is 0 Å². The predicted molar refractivity (Wildman–Crippen MR) is 81.5 cm³/mol. The molecule has 22 heavy (non-hydrogen) atoms. The first-order valence-corrected chi connectivity index (χ1v) is 7.76. The zero-order valence-corrected chi connectivity index (χ0v) is 12.6. The first-order chi connectivity index (χ1) is 10.7. The van der Waals surface area contributed by atoms with E-state index in [0.29, 0.717) is 6.42 Å². The molecule has 114 valence electrons. The molecule has 0 spiro atoms. The zero-order chi connectivity index (χ0) is 15.1. The molecule has 2 atom stereocenters. The molecule has 1 fully saturated rings. The Morgan fingerprint density at radius 1 is 1.36 bits per heavy atom. The highest BCUT2D eigenvalue weighted by molar-refractivity contribution is 5.83. The normalized spacial score (nSPS) is 23.4. The average Bonchev–Trinajstić information content (AvgIpc) is 3.24. The maximum absolute atomic E-state index is 12.9. The van der Waals surface area contributed by atoms with Gasteiger partial charge in [0, 0.05) is 31.8 Å². The maximum Gasteiger partial charge on any atom is 0.264 e. The van der Waals surface area contributed by atoms with Crippen molar-refractivity contribution in [3.63, 3.8) is 0 Å². The molecule has 5 nitrogen and oxygen atoms in total. The average molecular weight is 297 g/mol. The molecule has 0 radical (unpaired) electrons. The van der Waals surface area contributed by atoms with E-state index >= 15 is 0 Å². The van der Waals surface area contributed by atoms with Gasteiger partial charge in [-0.3, -0.25) is 9.48 Å².